The Hall–Kier alpha value is -2.07. The van der Waals surface area contributed by atoms with Crippen molar-refractivity contribution in [2.45, 2.75) is 19.4 Å². The smallest absolute Gasteiger partial charge is 0.160 e. The van der Waals surface area contributed by atoms with E-state index in [0.29, 0.717) is 23.5 Å². The van der Waals surface area contributed by atoms with Gasteiger partial charge < -0.3 is 14.6 Å². The number of hydrogen-bond donors (Lipinski definition) is 1. The number of aryl methyl sites for hydroxylation is 1. The van der Waals surface area contributed by atoms with E-state index in [1.165, 1.54) is 12.1 Å². The Labute approximate surface area is 124 Å². The van der Waals surface area contributed by atoms with Crippen LogP contribution < -0.4 is 9.47 Å². The van der Waals surface area contributed by atoms with Crippen molar-refractivity contribution in [3.8, 4) is 11.5 Å². The molecular weight excluding hydrogens is 271 g/mol. The molecule has 0 saturated carbocycles. The van der Waals surface area contributed by atoms with Crippen molar-refractivity contribution in [1.82, 2.24) is 0 Å². The summed E-state index contributed by atoms with van der Waals surface area (Å²) in [6.07, 6.45) is -0.385. The molecule has 21 heavy (non-hydrogen) atoms. The molecule has 2 aromatic rings. The zero-order valence-electron chi connectivity index (χ0n) is 12.4. The molecule has 0 bridgehead atoms. The van der Waals surface area contributed by atoms with Gasteiger partial charge in [0.25, 0.3) is 0 Å². The van der Waals surface area contributed by atoms with Crippen molar-refractivity contribution >= 4 is 0 Å². The molecule has 0 spiro atoms. The number of methoxy groups -OCH3 is 2. The molecule has 0 aliphatic rings. The number of rotatable bonds is 5. The second-order valence-electron chi connectivity index (χ2n) is 4.91. The Bertz CT molecular complexity index is 625. The maximum absolute atomic E-state index is 13.3. The molecule has 1 unspecified atom stereocenters. The summed E-state index contributed by atoms with van der Waals surface area (Å²) in [6, 6.07) is 9.90. The average Bonchev–Trinajstić information content (AvgIpc) is 2.49. The predicted octanol–water partition coefficient (Wildman–Crippen LogP) is 3.43. The van der Waals surface area contributed by atoms with E-state index >= 15 is 0 Å². The fourth-order valence-electron chi connectivity index (χ4n) is 2.31. The SMILES string of the molecule is COc1ccc(CC(O)c2cc(F)ccc2C)cc1OC. The molecule has 0 aliphatic heterocycles. The van der Waals surface area contributed by atoms with E-state index < -0.39 is 6.10 Å². The number of aliphatic hydroxyl groups excluding tert-OH is 1. The van der Waals surface area contributed by atoms with Gasteiger partial charge in [0.1, 0.15) is 5.82 Å². The van der Waals surface area contributed by atoms with E-state index in [-0.39, 0.29) is 5.82 Å². The summed E-state index contributed by atoms with van der Waals surface area (Å²) < 4.78 is 23.7. The number of halogens is 1. The van der Waals surface area contributed by atoms with Gasteiger partial charge in [0, 0.05) is 6.42 Å². The Balaban J connectivity index is 2.23. The molecule has 1 atom stereocenters. The first-order valence-corrected chi connectivity index (χ1v) is 6.70. The maximum Gasteiger partial charge on any atom is 0.160 e. The minimum Gasteiger partial charge on any atom is -0.493 e. The molecule has 1 N–H and O–H groups in total. The topological polar surface area (TPSA) is 38.7 Å². The van der Waals surface area contributed by atoms with Crippen molar-refractivity contribution in [2.75, 3.05) is 14.2 Å². The molecule has 0 aromatic heterocycles. The Morgan fingerprint density at radius 1 is 1.05 bits per heavy atom. The highest BCUT2D eigenvalue weighted by Crippen LogP contribution is 2.30. The number of benzene rings is 2. The molecule has 0 heterocycles. The molecule has 4 heteroatoms. The van der Waals surface area contributed by atoms with Crippen molar-refractivity contribution in [3.05, 3.63) is 58.9 Å². The van der Waals surface area contributed by atoms with E-state index in [9.17, 15) is 9.50 Å². The zero-order chi connectivity index (χ0) is 15.4. The van der Waals surface area contributed by atoms with Crippen LogP contribution in [0.1, 0.15) is 22.8 Å². The first-order chi connectivity index (χ1) is 10.0. The third-order valence-electron chi connectivity index (χ3n) is 3.48. The highest BCUT2D eigenvalue weighted by atomic mass is 19.1. The van der Waals surface area contributed by atoms with E-state index in [1.54, 1.807) is 26.4 Å². The van der Waals surface area contributed by atoms with Crippen LogP contribution in [0.3, 0.4) is 0 Å². The van der Waals surface area contributed by atoms with Gasteiger partial charge >= 0.3 is 0 Å². The molecule has 112 valence electrons. The van der Waals surface area contributed by atoms with Gasteiger partial charge in [-0.1, -0.05) is 12.1 Å². The van der Waals surface area contributed by atoms with Crippen molar-refractivity contribution < 1.29 is 19.0 Å². The first kappa shape index (κ1) is 15.3. The van der Waals surface area contributed by atoms with Gasteiger partial charge in [-0.15, -0.1) is 0 Å². The predicted molar refractivity (Wildman–Crippen MR) is 79.3 cm³/mol. The summed E-state index contributed by atoms with van der Waals surface area (Å²) in [5.41, 5.74) is 2.36. The Kier molecular flexibility index (Phi) is 4.81. The van der Waals surface area contributed by atoms with Gasteiger partial charge in [0.15, 0.2) is 11.5 Å². The van der Waals surface area contributed by atoms with Crippen LogP contribution in [0.2, 0.25) is 0 Å². The molecule has 0 saturated heterocycles. The summed E-state index contributed by atoms with van der Waals surface area (Å²) >= 11 is 0. The molecule has 0 amide bonds. The molecule has 2 aromatic carbocycles. The molecule has 0 fully saturated rings. The molecule has 3 nitrogen and oxygen atoms in total. The lowest BCUT2D eigenvalue weighted by Crippen LogP contribution is -2.05. The van der Waals surface area contributed by atoms with Gasteiger partial charge in [-0.05, 0) is 47.9 Å². The van der Waals surface area contributed by atoms with Crippen LogP contribution in [0.15, 0.2) is 36.4 Å². The summed E-state index contributed by atoms with van der Waals surface area (Å²) in [7, 11) is 3.14. The molecule has 0 aliphatic carbocycles. The number of hydrogen-bond acceptors (Lipinski definition) is 3. The largest absolute Gasteiger partial charge is 0.493 e. The fourth-order valence-corrected chi connectivity index (χ4v) is 2.31. The second-order valence-corrected chi connectivity index (χ2v) is 4.91. The molecular formula is C17H19FO3. The first-order valence-electron chi connectivity index (χ1n) is 6.70. The number of aliphatic hydroxyl groups is 1. The quantitative estimate of drug-likeness (QED) is 0.917. The highest BCUT2D eigenvalue weighted by molar-refractivity contribution is 5.43. The van der Waals surface area contributed by atoms with Crippen LogP contribution >= 0.6 is 0 Å². The summed E-state index contributed by atoms with van der Waals surface area (Å²) in [5, 5.41) is 10.3. The molecule has 0 radical (unpaired) electrons. The van der Waals surface area contributed by atoms with Gasteiger partial charge in [-0.2, -0.15) is 0 Å². The van der Waals surface area contributed by atoms with Crippen molar-refractivity contribution in [3.63, 3.8) is 0 Å². The van der Waals surface area contributed by atoms with E-state index in [0.717, 1.165) is 11.1 Å². The maximum atomic E-state index is 13.3. The van der Waals surface area contributed by atoms with Gasteiger partial charge in [-0.3, -0.25) is 0 Å². The van der Waals surface area contributed by atoms with Crippen LogP contribution in [0.4, 0.5) is 4.39 Å². The summed E-state index contributed by atoms with van der Waals surface area (Å²) in [4.78, 5) is 0. The lowest BCUT2D eigenvalue weighted by Gasteiger charge is -2.15. The standard InChI is InChI=1S/C17H19FO3/c1-11-4-6-13(18)10-14(11)15(19)8-12-5-7-16(20-2)17(9-12)21-3/h4-7,9-10,15,19H,8H2,1-3H3. The summed E-state index contributed by atoms with van der Waals surface area (Å²) in [5.74, 6) is 0.901. The van der Waals surface area contributed by atoms with Gasteiger partial charge in [0.05, 0.1) is 20.3 Å². The average molecular weight is 290 g/mol. The normalized spacial score (nSPS) is 12.0. The second kappa shape index (κ2) is 6.59. The number of ether oxygens (including phenoxy) is 2. The van der Waals surface area contributed by atoms with Crippen LogP contribution in [0.5, 0.6) is 11.5 Å². The monoisotopic (exact) mass is 290 g/mol. The van der Waals surface area contributed by atoms with Crippen LogP contribution in [0.25, 0.3) is 0 Å². The summed E-state index contributed by atoms with van der Waals surface area (Å²) in [6.45, 7) is 1.85. The Morgan fingerprint density at radius 3 is 2.43 bits per heavy atom. The van der Waals surface area contributed by atoms with E-state index in [4.69, 9.17) is 9.47 Å². The third kappa shape index (κ3) is 3.52. The van der Waals surface area contributed by atoms with Crippen molar-refractivity contribution in [1.29, 1.82) is 0 Å². The fraction of sp³-hybridized carbons (Fsp3) is 0.294. The zero-order valence-corrected chi connectivity index (χ0v) is 12.4. The van der Waals surface area contributed by atoms with Gasteiger partial charge in [0.2, 0.25) is 0 Å². The van der Waals surface area contributed by atoms with Crippen LogP contribution in [-0.2, 0) is 6.42 Å². The van der Waals surface area contributed by atoms with Crippen LogP contribution in [0, 0.1) is 12.7 Å². The molecule has 2 rings (SSSR count). The van der Waals surface area contributed by atoms with Crippen LogP contribution in [-0.4, -0.2) is 19.3 Å². The lowest BCUT2D eigenvalue weighted by atomic mass is 9.97. The lowest BCUT2D eigenvalue weighted by molar-refractivity contribution is 0.177. The van der Waals surface area contributed by atoms with E-state index in [1.807, 2.05) is 19.1 Å². The highest BCUT2D eigenvalue weighted by Gasteiger charge is 2.14. The minimum absolute atomic E-state index is 0.345. The Morgan fingerprint density at radius 2 is 1.76 bits per heavy atom. The third-order valence-corrected chi connectivity index (χ3v) is 3.48. The minimum atomic E-state index is -0.765. The van der Waals surface area contributed by atoms with E-state index in [2.05, 4.69) is 0 Å². The van der Waals surface area contributed by atoms with Crippen molar-refractivity contribution in [2.24, 2.45) is 0 Å². The van der Waals surface area contributed by atoms with Gasteiger partial charge in [-0.25, -0.2) is 4.39 Å².